The van der Waals surface area contributed by atoms with Gasteiger partial charge < -0.3 is 4.90 Å². The van der Waals surface area contributed by atoms with Crippen LogP contribution in [0.15, 0.2) is 53.0 Å². The van der Waals surface area contributed by atoms with Crippen molar-refractivity contribution >= 4 is 27.5 Å². The van der Waals surface area contributed by atoms with E-state index in [9.17, 15) is 18.0 Å². The molecule has 21 heavy (non-hydrogen) atoms. The average molecular weight is 358 g/mol. The molecule has 0 spiro atoms. The van der Waals surface area contributed by atoms with E-state index in [0.717, 1.165) is 12.1 Å². The molecule has 2 aromatic carbocycles. The van der Waals surface area contributed by atoms with Crippen molar-refractivity contribution in [3.05, 3.63) is 64.1 Å². The van der Waals surface area contributed by atoms with Crippen molar-refractivity contribution in [2.24, 2.45) is 0 Å². The molecule has 0 aliphatic carbocycles. The first kappa shape index (κ1) is 15.6. The maximum Gasteiger partial charge on any atom is 0.416 e. The highest BCUT2D eigenvalue weighted by atomic mass is 79.9. The number of carbonyl (C=O) groups excluding carboxylic acids is 1. The molecule has 0 saturated carbocycles. The van der Waals surface area contributed by atoms with Crippen molar-refractivity contribution in [2.75, 3.05) is 11.9 Å². The molecule has 110 valence electrons. The summed E-state index contributed by atoms with van der Waals surface area (Å²) in [6, 6.07) is 11.4. The first-order valence-electron chi connectivity index (χ1n) is 6.00. The molecular weight excluding hydrogens is 347 g/mol. The number of halogens is 4. The van der Waals surface area contributed by atoms with E-state index < -0.39 is 17.6 Å². The topological polar surface area (TPSA) is 20.3 Å². The molecule has 6 heteroatoms. The molecular formula is C15H11BrF3NO. The van der Waals surface area contributed by atoms with Crippen LogP contribution in [0.5, 0.6) is 0 Å². The van der Waals surface area contributed by atoms with Gasteiger partial charge in [-0.15, -0.1) is 0 Å². The molecule has 0 heterocycles. The lowest BCUT2D eigenvalue weighted by molar-refractivity contribution is -0.137. The Labute approximate surface area is 128 Å². The summed E-state index contributed by atoms with van der Waals surface area (Å²) in [4.78, 5) is 13.6. The summed E-state index contributed by atoms with van der Waals surface area (Å²) >= 11 is 3.31. The minimum Gasteiger partial charge on any atom is -0.310 e. The zero-order valence-electron chi connectivity index (χ0n) is 11.0. The Balaban J connectivity index is 2.35. The molecule has 2 aromatic rings. The highest BCUT2D eigenvalue weighted by molar-refractivity contribution is 9.10. The Morgan fingerprint density at radius 2 is 1.76 bits per heavy atom. The van der Waals surface area contributed by atoms with Gasteiger partial charge >= 0.3 is 6.18 Å². The van der Waals surface area contributed by atoms with Gasteiger partial charge in [0.05, 0.1) is 11.3 Å². The Kier molecular flexibility index (Phi) is 4.37. The summed E-state index contributed by atoms with van der Waals surface area (Å²) in [6.45, 7) is 0. The van der Waals surface area contributed by atoms with Crippen LogP contribution < -0.4 is 4.90 Å². The average Bonchev–Trinajstić information content (AvgIpc) is 2.45. The number of amides is 1. The van der Waals surface area contributed by atoms with E-state index in [1.54, 1.807) is 24.3 Å². The summed E-state index contributed by atoms with van der Waals surface area (Å²) in [5.74, 6) is -0.506. The fourth-order valence-electron chi connectivity index (χ4n) is 1.86. The zero-order chi connectivity index (χ0) is 15.6. The standard InChI is InChI=1S/C15H11BrF3NO/c1-20(13-8-3-2-7-12(13)16)14(21)10-5-4-6-11(9-10)15(17,18)19/h2-9H,1H3. The molecule has 0 fully saturated rings. The van der Waals surface area contributed by atoms with Gasteiger partial charge in [0.25, 0.3) is 5.91 Å². The second-order valence-corrected chi connectivity index (χ2v) is 5.25. The summed E-state index contributed by atoms with van der Waals surface area (Å²) in [5.41, 5.74) is -0.267. The number of benzene rings is 2. The summed E-state index contributed by atoms with van der Waals surface area (Å²) in [7, 11) is 1.52. The minimum atomic E-state index is -4.47. The molecule has 0 aromatic heterocycles. The maximum absolute atomic E-state index is 12.7. The van der Waals surface area contributed by atoms with E-state index in [0.29, 0.717) is 10.2 Å². The molecule has 0 aliphatic rings. The fraction of sp³-hybridized carbons (Fsp3) is 0.133. The summed E-state index contributed by atoms with van der Waals surface area (Å²) < 4.78 is 38.7. The van der Waals surface area contributed by atoms with Crippen LogP contribution in [0.4, 0.5) is 18.9 Å². The van der Waals surface area contributed by atoms with Crippen molar-refractivity contribution < 1.29 is 18.0 Å². The van der Waals surface area contributed by atoms with Crippen molar-refractivity contribution in [2.45, 2.75) is 6.18 Å². The quantitative estimate of drug-likeness (QED) is 0.759. The van der Waals surface area contributed by atoms with E-state index in [1.165, 1.54) is 24.1 Å². The van der Waals surface area contributed by atoms with Crippen LogP contribution in [0.1, 0.15) is 15.9 Å². The van der Waals surface area contributed by atoms with Crippen molar-refractivity contribution in [1.29, 1.82) is 0 Å². The second kappa shape index (κ2) is 5.89. The predicted octanol–water partition coefficient (Wildman–Crippen LogP) is 4.74. The summed E-state index contributed by atoms with van der Waals surface area (Å²) in [6.07, 6.45) is -4.47. The first-order valence-corrected chi connectivity index (χ1v) is 6.80. The molecule has 0 radical (unpaired) electrons. The van der Waals surface area contributed by atoms with E-state index in [2.05, 4.69) is 15.9 Å². The normalized spacial score (nSPS) is 11.3. The zero-order valence-corrected chi connectivity index (χ0v) is 12.6. The smallest absolute Gasteiger partial charge is 0.310 e. The molecule has 1 amide bonds. The number of rotatable bonds is 2. The lowest BCUT2D eigenvalue weighted by Crippen LogP contribution is -2.26. The lowest BCUT2D eigenvalue weighted by Gasteiger charge is -2.19. The van der Waals surface area contributed by atoms with Crippen LogP contribution in [0.2, 0.25) is 0 Å². The minimum absolute atomic E-state index is 0.0110. The fourth-order valence-corrected chi connectivity index (χ4v) is 2.41. The van der Waals surface area contributed by atoms with Crippen LogP contribution in [0.25, 0.3) is 0 Å². The first-order chi connectivity index (χ1) is 9.80. The van der Waals surface area contributed by atoms with Gasteiger partial charge in [0.2, 0.25) is 0 Å². The number of hydrogen-bond acceptors (Lipinski definition) is 1. The Morgan fingerprint density at radius 1 is 1.10 bits per heavy atom. The van der Waals surface area contributed by atoms with E-state index >= 15 is 0 Å². The third-order valence-corrected chi connectivity index (χ3v) is 3.63. The molecule has 0 atom stereocenters. The van der Waals surface area contributed by atoms with Gasteiger partial charge in [-0.3, -0.25) is 4.79 Å². The van der Waals surface area contributed by atoms with E-state index in [1.807, 2.05) is 0 Å². The third kappa shape index (κ3) is 3.44. The molecule has 2 rings (SSSR count). The van der Waals surface area contributed by atoms with Gasteiger partial charge in [-0.2, -0.15) is 13.2 Å². The van der Waals surface area contributed by atoms with Crippen LogP contribution >= 0.6 is 15.9 Å². The Hall–Kier alpha value is -1.82. The molecule has 0 N–H and O–H groups in total. The van der Waals surface area contributed by atoms with Gasteiger partial charge in [-0.25, -0.2) is 0 Å². The number of nitrogens with zero attached hydrogens (tertiary/aromatic N) is 1. The van der Waals surface area contributed by atoms with E-state index in [-0.39, 0.29) is 5.56 Å². The predicted molar refractivity (Wildman–Crippen MR) is 78.3 cm³/mol. The van der Waals surface area contributed by atoms with Crippen molar-refractivity contribution in [1.82, 2.24) is 0 Å². The molecule has 0 saturated heterocycles. The van der Waals surface area contributed by atoms with Crippen LogP contribution in [0.3, 0.4) is 0 Å². The van der Waals surface area contributed by atoms with Crippen LogP contribution in [-0.2, 0) is 6.18 Å². The number of alkyl halides is 3. The second-order valence-electron chi connectivity index (χ2n) is 4.39. The monoisotopic (exact) mass is 357 g/mol. The lowest BCUT2D eigenvalue weighted by atomic mass is 10.1. The third-order valence-electron chi connectivity index (χ3n) is 2.96. The van der Waals surface area contributed by atoms with Gasteiger partial charge in [0.1, 0.15) is 0 Å². The number of anilines is 1. The number of hydrogen-bond donors (Lipinski definition) is 0. The maximum atomic E-state index is 12.7. The van der Waals surface area contributed by atoms with Crippen molar-refractivity contribution in [3.8, 4) is 0 Å². The Bertz CT molecular complexity index is 670. The Morgan fingerprint density at radius 3 is 2.38 bits per heavy atom. The van der Waals surface area contributed by atoms with E-state index in [4.69, 9.17) is 0 Å². The highest BCUT2D eigenvalue weighted by Gasteiger charge is 2.31. The van der Waals surface area contributed by atoms with Gasteiger partial charge in [-0.1, -0.05) is 18.2 Å². The molecule has 0 unspecified atom stereocenters. The SMILES string of the molecule is CN(C(=O)c1cccc(C(F)(F)F)c1)c1ccccc1Br. The molecule has 2 nitrogen and oxygen atoms in total. The van der Waals surface area contributed by atoms with Gasteiger partial charge in [0.15, 0.2) is 0 Å². The highest BCUT2D eigenvalue weighted by Crippen LogP contribution is 2.30. The van der Waals surface area contributed by atoms with Gasteiger partial charge in [0, 0.05) is 17.1 Å². The number of carbonyl (C=O) groups is 1. The van der Waals surface area contributed by atoms with Gasteiger partial charge in [-0.05, 0) is 46.3 Å². The summed E-state index contributed by atoms with van der Waals surface area (Å²) in [5, 5.41) is 0. The van der Waals surface area contributed by atoms with Crippen LogP contribution in [0, 0.1) is 0 Å². The molecule has 0 bridgehead atoms. The van der Waals surface area contributed by atoms with Crippen LogP contribution in [-0.4, -0.2) is 13.0 Å². The largest absolute Gasteiger partial charge is 0.416 e. The van der Waals surface area contributed by atoms with Crippen molar-refractivity contribution in [3.63, 3.8) is 0 Å². The number of para-hydroxylation sites is 1. The molecule has 0 aliphatic heterocycles.